The predicted octanol–water partition coefficient (Wildman–Crippen LogP) is 4.83. The second-order valence-corrected chi connectivity index (χ2v) is 9.09. The molecule has 6 nitrogen and oxygen atoms in total. The standard InChI is InChI=1S/C22H21F2N3O3S/c1-14(2)15-4-7-18(8-5-15)27(31(3,29)30)21-12-16(10-11-25-21)22(28)26-17-6-9-19(23)20(24)13-17/h4-14H,1-3H3,(H,26,28). The van der Waals surface area contributed by atoms with Gasteiger partial charge in [-0.25, -0.2) is 26.5 Å². The van der Waals surface area contributed by atoms with Gasteiger partial charge in [0.15, 0.2) is 11.6 Å². The van der Waals surface area contributed by atoms with Gasteiger partial charge >= 0.3 is 0 Å². The molecule has 0 aliphatic rings. The second kappa shape index (κ2) is 8.81. The Kier molecular flexibility index (Phi) is 6.35. The van der Waals surface area contributed by atoms with E-state index < -0.39 is 27.6 Å². The predicted molar refractivity (Wildman–Crippen MR) is 116 cm³/mol. The molecule has 3 rings (SSSR count). The van der Waals surface area contributed by atoms with Gasteiger partial charge in [-0.1, -0.05) is 26.0 Å². The maximum absolute atomic E-state index is 13.4. The molecule has 31 heavy (non-hydrogen) atoms. The monoisotopic (exact) mass is 445 g/mol. The number of carbonyl (C=O) groups excluding carboxylic acids is 1. The van der Waals surface area contributed by atoms with Gasteiger partial charge in [-0.15, -0.1) is 0 Å². The van der Waals surface area contributed by atoms with E-state index in [0.29, 0.717) is 5.69 Å². The van der Waals surface area contributed by atoms with Gasteiger partial charge in [0, 0.05) is 23.5 Å². The van der Waals surface area contributed by atoms with Crippen molar-refractivity contribution in [2.75, 3.05) is 15.9 Å². The Morgan fingerprint density at radius 1 is 1.00 bits per heavy atom. The van der Waals surface area contributed by atoms with Crippen LogP contribution in [0.25, 0.3) is 0 Å². The maximum atomic E-state index is 13.4. The Balaban J connectivity index is 1.94. The fourth-order valence-electron chi connectivity index (χ4n) is 2.94. The van der Waals surface area contributed by atoms with E-state index in [2.05, 4.69) is 10.3 Å². The van der Waals surface area contributed by atoms with Crippen LogP contribution in [0.4, 0.5) is 26.0 Å². The SMILES string of the molecule is CC(C)c1ccc(N(c2cc(C(=O)Nc3ccc(F)c(F)c3)ccn2)S(C)(=O)=O)cc1. The number of nitrogens with zero attached hydrogens (tertiary/aromatic N) is 2. The molecule has 0 aliphatic heterocycles. The second-order valence-electron chi connectivity index (χ2n) is 7.26. The molecule has 1 aromatic heterocycles. The van der Waals surface area contributed by atoms with E-state index in [1.807, 2.05) is 26.0 Å². The summed E-state index contributed by atoms with van der Waals surface area (Å²) >= 11 is 0. The van der Waals surface area contributed by atoms with Crippen molar-refractivity contribution in [2.24, 2.45) is 0 Å². The van der Waals surface area contributed by atoms with E-state index in [4.69, 9.17) is 0 Å². The van der Waals surface area contributed by atoms with Crippen LogP contribution in [-0.4, -0.2) is 25.6 Å². The van der Waals surface area contributed by atoms with Gasteiger partial charge < -0.3 is 5.32 Å². The van der Waals surface area contributed by atoms with Crippen molar-refractivity contribution in [3.05, 3.63) is 83.6 Å². The third-order valence-electron chi connectivity index (χ3n) is 4.52. The number of hydrogen-bond donors (Lipinski definition) is 1. The van der Waals surface area contributed by atoms with Crippen molar-refractivity contribution in [3.8, 4) is 0 Å². The molecule has 0 aliphatic carbocycles. The molecule has 0 atom stereocenters. The van der Waals surface area contributed by atoms with Gasteiger partial charge in [-0.3, -0.25) is 4.79 Å². The highest BCUT2D eigenvalue weighted by atomic mass is 32.2. The number of pyridine rings is 1. The molecular weight excluding hydrogens is 424 g/mol. The largest absolute Gasteiger partial charge is 0.322 e. The number of amides is 1. The van der Waals surface area contributed by atoms with E-state index >= 15 is 0 Å². The van der Waals surface area contributed by atoms with E-state index in [1.54, 1.807) is 12.1 Å². The first-order valence-corrected chi connectivity index (χ1v) is 11.2. The normalized spacial score (nSPS) is 11.4. The third-order valence-corrected chi connectivity index (χ3v) is 5.58. The molecule has 0 unspecified atom stereocenters. The summed E-state index contributed by atoms with van der Waals surface area (Å²) in [6.45, 7) is 4.06. The van der Waals surface area contributed by atoms with Gasteiger partial charge in [0.25, 0.3) is 5.91 Å². The lowest BCUT2D eigenvalue weighted by molar-refractivity contribution is 0.102. The van der Waals surface area contributed by atoms with Crippen molar-refractivity contribution < 1.29 is 22.0 Å². The molecule has 0 spiro atoms. The first-order chi connectivity index (χ1) is 14.6. The summed E-state index contributed by atoms with van der Waals surface area (Å²) in [6.07, 6.45) is 2.34. The average molecular weight is 445 g/mol. The summed E-state index contributed by atoms with van der Waals surface area (Å²) in [5, 5.41) is 2.45. The quantitative estimate of drug-likeness (QED) is 0.589. The van der Waals surface area contributed by atoms with Gasteiger partial charge in [-0.2, -0.15) is 0 Å². The van der Waals surface area contributed by atoms with Crippen LogP contribution in [0, 0.1) is 11.6 Å². The number of aromatic nitrogens is 1. The average Bonchev–Trinajstić information content (AvgIpc) is 2.70. The minimum atomic E-state index is -3.77. The molecule has 0 saturated carbocycles. The van der Waals surface area contributed by atoms with Gasteiger partial charge in [-0.05, 0) is 47.9 Å². The maximum Gasteiger partial charge on any atom is 0.255 e. The summed E-state index contributed by atoms with van der Waals surface area (Å²) in [4.78, 5) is 16.7. The van der Waals surface area contributed by atoms with E-state index in [-0.39, 0.29) is 23.0 Å². The summed E-state index contributed by atoms with van der Waals surface area (Å²) in [6, 6.07) is 12.7. The summed E-state index contributed by atoms with van der Waals surface area (Å²) in [7, 11) is -3.77. The molecule has 0 saturated heterocycles. The zero-order valence-electron chi connectivity index (χ0n) is 17.1. The lowest BCUT2D eigenvalue weighted by atomic mass is 10.0. The van der Waals surface area contributed by atoms with Crippen molar-refractivity contribution in [3.63, 3.8) is 0 Å². The molecule has 1 amide bonds. The highest BCUT2D eigenvalue weighted by Crippen LogP contribution is 2.29. The van der Waals surface area contributed by atoms with Gasteiger partial charge in [0.05, 0.1) is 11.9 Å². The summed E-state index contributed by atoms with van der Waals surface area (Å²) in [5.74, 6) is -2.45. The van der Waals surface area contributed by atoms with Crippen LogP contribution in [0.15, 0.2) is 60.8 Å². The molecule has 3 aromatic rings. The molecule has 1 N–H and O–H groups in total. The molecular formula is C22H21F2N3O3S. The Hall–Kier alpha value is -3.33. The van der Waals surface area contributed by atoms with E-state index in [9.17, 15) is 22.0 Å². The van der Waals surface area contributed by atoms with Crippen molar-refractivity contribution in [1.29, 1.82) is 0 Å². The molecule has 0 radical (unpaired) electrons. The lowest BCUT2D eigenvalue weighted by Crippen LogP contribution is -2.26. The number of rotatable bonds is 6. The Bertz CT molecular complexity index is 1210. The number of sulfonamides is 1. The molecule has 1 heterocycles. The summed E-state index contributed by atoms with van der Waals surface area (Å²) < 4.78 is 52.5. The van der Waals surface area contributed by atoms with E-state index in [1.165, 1.54) is 24.4 Å². The van der Waals surface area contributed by atoms with Crippen LogP contribution in [0.5, 0.6) is 0 Å². The molecule has 162 valence electrons. The zero-order valence-corrected chi connectivity index (χ0v) is 18.0. The topological polar surface area (TPSA) is 79.4 Å². The molecule has 9 heteroatoms. The number of halogens is 2. The van der Waals surface area contributed by atoms with Crippen molar-refractivity contribution in [1.82, 2.24) is 4.98 Å². The Labute approximate surface area is 179 Å². The molecule has 2 aromatic carbocycles. The highest BCUT2D eigenvalue weighted by molar-refractivity contribution is 7.92. The van der Waals surface area contributed by atoms with Crippen LogP contribution in [-0.2, 0) is 10.0 Å². The number of carbonyl (C=O) groups is 1. The van der Waals surface area contributed by atoms with Crippen LogP contribution >= 0.6 is 0 Å². The number of nitrogens with one attached hydrogen (secondary N) is 1. The first-order valence-electron chi connectivity index (χ1n) is 9.39. The highest BCUT2D eigenvalue weighted by Gasteiger charge is 2.22. The van der Waals surface area contributed by atoms with Crippen LogP contribution < -0.4 is 9.62 Å². The first kappa shape index (κ1) is 22.4. The zero-order chi connectivity index (χ0) is 22.8. The number of benzene rings is 2. The fraction of sp³-hybridized carbons (Fsp3) is 0.182. The van der Waals surface area contributed by atoms with Gasteiger partial charge in [0.2, 0.25) is 10.0 Å². The number of hydrogen-bond acceptors (Lipinski definition) is 4. The summed E-state index contributed by atoms with van der Waals surface area (Å²) in [5.41, 5.74) is 1.58. The van der Waals surface area contributed by atoms with Crippen LogP contribution in [0.1, 0.15) is 35.7 Å². The van der Waals surface area contributed by atoms with Crippen LogP contribution in [0.2, 0.25) is 0 Å². The van der Waals surface area contributed by atoms with Gasteiger partial charge in [0.1, 0.15) is 5.82 Å². The van der Waals surface area contributed by atoms with E-state index in [0.717, 1.165) is 28.3 Å². The minimum absolute atomic E-state index is 0.0257. The Morgan fingerprint density at radius 2 is 1.68 bits per heavy atom. The minimum Gasteiger partial charge on any atom is -0.322 e. The molecule has 0 bridgehead atoms. The molecule has 0 fully saturated rings. The lowest BCUT2D eigenvalue weighted by Gasteiger charge is -2.22. The van der Waals surface area contributed by atoms with Crippen LogP contribution in [0.3, 0.4) is 0 Å². The van der Waals surface area contributed by atoms with Crippen molar-refractivity contribution in [2.45, 2.75) is 19.8 Å². The number of anilines is 3. The smallest absolute Gasteiger partial charge is 0.255 e. The third kappa shape index (κ3) is 5.24. The Morgan fingerprint density at radius 3 is 2.26 bits per heavy atom. The fourth-order valence-corrected chi connectivity index (χ4v) is 3.88. The van der Waals surface area contributed by atoms with Crippen molar-refractivity contribution >= 4 is 33.1 Å².